The summed E-state index contributed by atoms with van der Waals surface area (Å²) in [5.41, 5.74) is 0. The first-order chi connectivity index (χ1) is 8.07. The number of rotatable bonds is 9. The highest BCUT2D eigenvalue weighted by molar-refractivity contribution is 6.74. The van der Waals surface area contributed by atoms with Gasteiger partial charge in [-0.2, -0.15) is 0 Å². The molecule has 0 heterocycles. The van der Waals surface area contributed by atoms with E-state index in [1.807, 2.05) is 17.9 Å². The molecule has 0 aromatic heterocycles. The van der Waals surface area contributed by atoms with Crippen LogP contribution in [0.5, 0.6) is 0 Å². The lowest BCUT2D eigenvalue weighted by atomic mass is 10.4. The van der Waals surface area contributed by atoms with Gasteiger partial charge < -0.3 is 4.43 Å². The molecule has 0 amide bonds. The monoisotopic (exact) mass is 257 g/mol. The van der Waals surface area contributed by atoms with E-state index in [-0.39, 0.29) is 5.97 Å². The highest BCUT2D eigenvalue weighted by Gasteiger charge is 2.32. The molecule has 0 aliphatic carbocycles. The van der Waals surface area contributed by atoms with Gasteiger partial charge in [-0.05, 0) is 24.7 Å². The Morgan fingerprint density at radius 3 is 2.12 bits per heavy atom. The first-order valence-corrected chi connectivity index (χ1v) is 9.15. The number of likely N-dealkylation sites (N-methyl/N-ethyl adjacent to an activating group) is 1. The Hall–Kier alpha value is -0.613. The number of carbonyl (C=O) groups excluding carboxylic acids is 1. The zero-order chi connectivity index (χ0) is 13.3. The van der Waals surface area contributed by atoms with Crippen molar-refractivity contribution in [3.05, 3.63) is 12.7 Å². The molecule has 0 unspecified atom stereocenters. The van der Waals surface area contributed by atoms with E-state index < -0.39 is 8.32 Å². The fourth-order valence-electron chi connectivity index (χ4n) is 1.91. The molecule has 0 aliphatic rings. The Kier molecular flexibility index (Phi) is 8.17. The van der Waals surface area contributed by atoms with E-state index in [0.29, 0.717) is 6.54 Å². The van der Waals surface area contributed by atoms with Gasteiger partial charge in [-0.3, -0.25) is 9.69 Å². The summed E-state index contributed by atoms with van der Waals surface area (Å²) in [6.45, 7) is 14.1. The molecule has 3 nitrogen and oxygen atoms in total. The second kappa shape index (κ2) is 8.47. The van der Waals surface area contributed by atoms with Crippen LogP contribution in [0.3, 0.4) is 0 Å². The molecule has 0 saturated carbocycles. The van der Waals surface area contributed by atoms with Gasteiger partial charge in [0, 0.05) is 6.54 Å². The number of nitrogens with zero attached hydrogens (tertiary/aromatic N) is 1. The van der Waals surface area contributed by atoms with Crippen molar-refractivity contribution in [1.29, 1.82) is 0 Å². The molecule has 100 valence electrons. The van der Waals surface area contributed by atoms with Crippen LogP contribution in [0.1, 0.15) is 27.7 Å². The lowest BCUT2D eigenvalue weighted by Gasteiger charge is -2.29. The van der Waals surface area contributed by atoms with E-state index in [1.54, 1.807) is 0 Å². The molecule has 0 saturated heterocycles. The molecular weight excluding hydrogens is 230 g/mol. The van der Waals surface area contributed by atoms with E-state index in [4.69, 9.17) is 4.43 Å². The smallest absolute Gasteiger partial charge is 0.306 e. The molecule has 0 rings (SSSR count). The average molecular weight is 257 g/mol. The standard InChI is InChI=1S/C13H27NO2Si/c1-6-11-14(7-2)12-13(15)16-17(8-3,9-4)10-5/h6H,1,7-12H2,2-5H3. The summed E-state index contributed by atoms with van der Waals surface area (Å²) >= 11 is 0. The molecule has 0 aromatic carbocycles. The Balaban J connectivity index is 4.36. The Bertz CT molecular complexity index is 231. The van der Waals surface area contributed by atoms with E-state index in [1.165, 1.54) is 0 Å². The summed E-state index contributed by atoms with van der Waals surface area (Å²) in [7, 11) is -1.79. The quantitative estimate of drug-likeness (QED) is 0.470. The van der Waals surface area contributed by atoms with Crippen LogP contribution in [-0.4, -0.2) is 38.8 Å². The van der Waals surface area contributed by atoms with Gasteiger partial charge in [0.15, 0.2) is 0 Å². The third-order valence-electron chi connectivity index (χ3n) is 3.45. The van der Waals surface area contributed by atoms with Crippen LogP contribution in [0.2, 0.25) is 18.1 Å². The van der Waals surface area contributed by atoms with Crippen molar-refractivity contribution in [3.63, 3.8) is 0 Å². The number of hydrogen-bond acceptors (Lipinski definition) is 3. The van der Waals surface area contributed by atoms with Gasteiger partial charge in [-0.1, -0.05) is 33.8 Å². The van der Waals surface area contributed by atoms with Gasteiger partial charge >= 0.3 is 5.97 Å². The van der Waals surface area contributed by atoms with E-state index in [2.05, 4.69) is 27.4 Å². The SMILES string of the molecule is C=CCN(CC)CC(=O)O[Si](CC)(CC)CC. The van der Waals surface area contributed by atoms with Crippen LogP contribution in [0, 0.1) is 0 Å². The third-order valence-corrected chi connectivity index (χ3v) is 7.98. The molecule has 0 fully saturated rings. The third kappa shape index (κ3) is 5.50. The van der Waals surface area contributed by atoms with Crippen LogP contribution >= 0.6 is 0 Å². The maximum absolute atomic E-state index is 11.9. The number of hydrogen-bond donors (Lipinski definition) is 0. The lowest BCUT2D eigenvalue weighted by molar-refractivity contribution is -0.136. The Labute approximate surface area is 107 Å². The highest BCUT2D eigenvalue weighted by atomic mass is 28.4. The fourth-order valence-corrected chi connectivity index (χ4v) is 4.39. The van der Waals surface area contributed by atoms with Crippen LogP contribution in [0.25, 0.3) is 0 Å². The van der Waals surface area contributed by atoms with Crippen molar-refractivity contribution in [3.8, 4) is 0 Å². The van der Waals surface area contributed by atoms with E-state index in [0.717, 1.165) is 31.2 Å². The van der Waals surface area contributed by atoms with Crippen molar-refractivity contribution in [2.24, 2.45) is 0 Å². The zero-order valence-electron chi connectivity index (χ0n) is 11.8. The minimum Gasteiger partial charge on any atom is -0.518 e. The first-order valence-electron chi connectivity index (χ1n) is 6.62. The van der Waals surface area contributed by atoms with Gasteiger partial charge in [0.2, 0.25) is 0 Å². The molecule has 0 radical (unpaired) electrons. The second-order valence-corrected chi connectivity index (χ2v) is 9.03. The summed E-state index contributed by atoms with van der Waals surface area (Å²) in [6.07, 6.45) is 1.82. The fraction of sp³-hybridized carbons (Fsp3) is 0.769. The van der Waals surface area contributed by atoms with Crippen LogP contribution < -0.4 is 0 Å². The normalized spacial score (nSPS) is 11.6. The van der Waals surface area contributed by atoms with Gasteiger partial charge in [-0.15, -0.1) is 6.58 Å². The molecule has 0 bridgehead atoms. The van der Waals surface area contributed by atoms with Crippen LogP contribution in [-0.2, 0) is 9.22 Å². The summed E-state index contributed by atoms with van der Waals surface area (Å²) in [6, 6.07) is 3.04. The second-order valence-electron chi connectivity index (χ2n) is 4.33. The zero-order valence-corrected chi connectivity index (χ0v) is 12.8. The minimum atomic E-state index is -1.79. The van der Waals surface area contributed by atoms with Gasteiger partial charge in [-0.25, -0.2) is 0 Å². The summed E-state index contributed by atoms with van der Waals surface area (Å²) in [4.78, 5) is 14.0. The molecule has 0 aliphatic heterocycles. The Morgan fingerprint density at radius 2 is 1.76 bits per heavy atom. The predicted octanol–water partition coefficient (Wildman–Crippen LogP) is 3.04. The molecule has 0 spiro atoms. The highest BCUT2D eigenvalue weighted by Crippen LogP contribution is 2.21. The van der Waals surface area contributed by atoms with E-state index >= 15 is 0 Å². The van der Waals surface area contributed by atoms with Crippen molar-refractivity contribution in [1.82, 2.24) is 4.90 Å². The largest absolute Gasteiger partial charge is 0.518 e. The van der Waals surface area contributed by atoms with Crippen molar-refractivity contribution in [2.75, 3.05) is 19.6 Å². The summed E-state index contributed by atoms with van der Waals surface area (Å²) < 4.78 is 5.79. The predicted molar refractivity (Wildman–Crippen MR) is 75.6 cm³/mol. The molecule has 0 atom stereocenters. The Morgan fingerprint density at radius 1 is 1.24 bits per heavy atom. The summed E-state index contributed by atoms with van der Waals surface area (Å²) in [5.74, 6) is -0.0640. The van der Waals surface area contributed by atoms with Crippen molar-refractivity contribution in [2.45, 2.75) is 45.8 Å². The molecular formula is C13H27NO2Si. The molecule has 17 heavy (non-hydrogen) atoms. The van der Waals surface area contributed by atoms with Gasteiger partial charge in [0.05, 0.1) is 6.54 Å². The van der Waals surface area contributed by atoms with Crippen molar-refractivity contribution < 1.29 is 9.22 Å². The minimum absolute atomic E-state index is 0.0640. The number of carbonyl (C=O) groups is 1. The average Bonchev–Trinajstić information content (AvgIpc) is 2.35. The maximum Gasteiger partial charge on any atom is 0.306 e. The first kappa shape index (κ1) is 16.4. The molecule has 4 heteroatoms. The molecule has 0 N–H and O–H groups in total. The molecule has 0 aromatic rings. The van der Waals surface area contributed by atoms with Gasteiger partial charge in [0.25, 0.3) is 8.32 Å². The van der Waals surface area contributed by atoms with Crippen LogP contribution in [0.15, 0.2) is 12.7 Å². The lowest BCUT2D eigenvalue weighted by Crippen LogP contribution is -2.42. The van der Waals surface area contributed by atoms with Crippen molar-refractivity contribution >= 4 is 14.3 Å². The van der Waals surface area contributed by atoms with Gasteiger partial charge in [0.1, 0.15) is 0 Å². The van der Waals surface area contributed by atoms with Crippen LogP contribution in [0.4, 0.5) is 0 Å². The van der Waals surface area contributed by atoms with E-state index in [9.17, 15) is 4.79 Å². The maximum atomic E-state index is 11.9. The topological polar surface area (TPSA) is 29.5 Å². The summed E-state index contributed by atoms with van der Waals surface area (Å²) in [5, 5.41) is 0.